The maximum absolute atomic E-state index is 13.2. The number of carboxylic acid groups (broad SMARTS) is 1. The van der Waals surface area contributed by atoms with E-state index in [1.807, 2.05) is 0 Å². The molecule has 1 aliphatic rings. The Morgan fingerprint density at radius 3 is 2.74 bits per heavy atom. The van der Waals surface area contributed by atoms with Crippen LogP contribution in [0.4, 0.5) is 4.39 Å². The SMILES string of the molecule is Cc1ccc(F)cc1S(=O)(=O)N1CC[C@@H](C(=O)O)C1. The number of benzene rings is 1. The highest BCUT2D eigenvalue weighted by molar-refractivity contribution is 7.89. The van der Waals surface area contributed by atoms with Crippen molar-refractivity contribution < 1.29 is 22.7 Å². The van der Waals surface area contributed by atoms with E-state index in [9.17, 15) is 17.6 Å². The molecule has 0 unspecified atom stereocenters. The van der Waals surface area contributed by atoms with Crippen molar-refractivity contribution in [3.05, 3.63) is 29.6 Å². The fraction of sp³-hybridized carbons (Fsp3) is 0.417. The fourth-order valence-electron chi connectivity index (χ4n) is 2.14. The average Bonchev–Trinajstić information content (AvgIpc) is 2.82. The molecule has 1 N–H and O–H groups in total. The molecule has 2 rings (SSSR count). The van der Waals surface area contributed by atoms with Crippen molar-refractivity contribution in [3.8, 4) is 0 Å². The van der Waals surface area contributed by atoms with E-state index in [0.717, 1.165) is 10.4 Å². The lowest BCUT2D eigenvalue weighted by Crippen LogP contribution is -2.30. The quantitative estimate of drug-likeness (QED) is 0.907. The Morgan fingerprint density at radius 1 is 1.47 bits per heavy atom. The number of carboxylic acids is 1. The van der Waals surface area contributed by atoms with E-state index in [2.05, 4.69) is 0 Å². The minimum Gasteiger partial charge on any atom is -0.481 e. The summed E-state index contributed by atoms with van der Waals surface area (Å²) >= 11 is 0. The Bertz CT molecular complexity index is 614. The highest BCUT2D eigenvalue weighted by atomic mass is 32.2. The molecule has 1 aliphatic heterocycles. The summed E-state index contributed by atoms with van der Waals surface area (Å²) in [6.07, 6.45) is 0.281. The van der Waals surface area contributed by atoms with E-state index in [1.54, 1.807) is 6.92 Å². The molecular weight excluding hydrogens is 273 g/mol. The first kappa shape index (κ1) is 14.0. The molecule has 1 aromatic carbocycles. The number of aliphatic carboxylic acids is 1. The van der Waals surface area contributed by atoms with E-state index < -0.39 is 27.7 Å². The van der Waals surface area contributed by atoms with Crippen LogP contribution in [-0.4, -0.2) is 36.9 Å². The first-order valence-electron chi connectivity index (χ1n) is 5.81. The van der Waals surface area contributed by atoms with Crippen LogP contribution in [-0.2, 0) is 14.8 Å². The molecule has 1 aromatic rings. The minimum absolute atomic E-state index is 0.0619. The molecule has 104 valence electrons. The Labute approximate surface area is 110 Å². The second-order valence-corrected chi connectivity index (χ2v) is 6.50. The topological polar surface area (TPSA) is 74.7 Å². The number of hydrogen-bond donors (Lipinski definition) is 1. The van der Waals surface area contributed by atoms with Crippen molar-refractivity contribution in [1.82, 2.24) is 4.31 Å². The zero-order chi connectivity index (χ0) is 14.2. The molecule has 0 aromatic heterocycles. The van der Waals surface area contributed by atoms with E-state index in [4.69, 9.17) is 5.11 Å². The van der Waals surface area contributed by atoms with Gasteiger partial charge < -0.3 is 5.11 Å². The molecule has 0 radical (unpaired) electrons. The van der Waals surface area contributed by atoms with Crippen molar-refractivity contribution in [3.63, 3.8) is 0 Å². The molecule has 0 aliphatic carbocycles. The maximum atomic E-state index is 13.2. The Morgan fingerprint density at radius 2 is 2.16 bits per heavy atom. The van der Waals surface area contributed by atoms with Gasteiger partial charge in [0.1, 0.15) is 5.82 Å². The van der Waals surface area contributed by atoms with E-state index >= 15 is 0 Å². The summed E-state index contributed by atoms with van der Waals surface area (Å²) in [5.74, 6) is -2.32. The maximum Gasteiger partial charge on any atom is 0.307 e. The third-order valence-electron chi connectivity index (χ3n) is 3.27. The van der Waals surface area contributed by atoms with E-state index in [-0.39, 0.29) is 24.4 Å². The van der Waals surface area contributed by atoms with Crippen molar-refractivity contribution in [2.75, 3.05) is 13.1 Å². The van der Waals surface area contributed by atoms with Crippen molar-refractivity contribution in [2.24, 2.45) is 5.92 Å². The molecular formula is C12H14FNO4S. The van der Waals surface area contributed by atoms with Gasteiger partial charge >= 0.3 is 5.97 Å². The van der Waals surface area contributed by atoms with Crippen LogP contribution in [0.15, 0.2) is 23.1 Å². The molecule has 0 bridgehead atoms. The summed E-state index contributed by atoms with van der Waals surface area (Å²) in [6.45, 7) is 1.67. The van der Waals surface area contributed by atoms with Crippen molar-refractivity contribution >= 4 is 16.0 Å². The third-order valence-corrected chi connectivity index (χ3v) is 5.28. The van der Waals surface area contributed by atoms with Crippen LogP contribution in [0.3, 0.4) is 0 Å². The smallest absolute Gasteiger partial charge is 0.307 e. The van der Waals surface area contributed by atoms with Crippen LogP contribution in [0.25, 0.3) is 0 Å². The Hall–Kier alpha value is -1.47. The lowest BCUT2D eigenvalue weighted by atomic mass is 10.1. The predicted octanol–water partition coefficient (Wildman–Crippen LogP) is 1.23. The highest BCUT2D eigenvalue weighted by Gasteiger charge is 2.36. The second-order valence-electron chi connectivity index (χ2n) is 4.60. The number of rotatable bonds is 3. The normalized spacial score (nSPS) is 20.6. The van der Waals surface area contributed by atoms with E-state index in [0.29, 0.717) is 5.56 Å². The van der Waals surface area contributed by atoms with Crippen LogP contribution >= 0.6 is 0 Å². The van der Waals surface area contributed by atoms with Crippen LogP contribution in [0, 0.1) is 18.7 Å². The van der Waals surface area contributed by atoms with Gasteiger partial charge in [0.05, 0.1) is 10.8 Å². The predicted molar refractivity (Wildman–Crippen MR) is 65.6 cm³/mol. The summed E-state index contributed by atoms with van der Waals surface area (Å²) in [5, 5.41) is 8.88. The lowest BCUT2D eigenvalue weighted by molar-refractivity contribution is -0.141. The summed E-state index contributed by atoms with van der Waals surface area (Å²) < 4.78 is 39.0. The van der Waals surface area contributed by atoms with Crippen molar-refractivity contribution in [2.45, 2.75) is 18.2 Å². The molecule has 1 saturated heterocycles. The molecule has 7 heteroatoms. The van der Waals surface area contributed by atoms with Gasteiger partial charge in [-0.15, -0.1) is 0 Å². The Balaban J connectivity index is 2.33. The van der Waals surface area contributed by atoms with Crippen LogP contribution < -0.4 is 0 Å². The van der Waals surface area contributed by atoms with Crippen LogP contribution in [0.2, 0.25) is 0 Å². The van der Waals surface area contributed by atoms with Gasteiger partial charge in [0.25, 0.3) is 0 Å². The molecule has 1 atom stereocenters. The lowest BCUT2D eigenvalue weighted by Gasteiger charge is -2.17. The van der Waals surface area contributed by atoms with Gasteiger partial charge in [0.2, 0.25) is 10.0 Å². The third kappa shape index (κ3) is 2.62. The number of aryl methyl sites for hydroxylation is 1. The number of hydrogen-bond acceptors (Lipinski definition) is 3. The summed E-state index contributed by atoms with van der Waals surface area (Å²) in [7, 11) is -3.83. The van der Waals surface area contributed by atoms with Crippen molar-refractivity contribution in [1.29, 1.82) is 0 Å². The van der Waals surface area contributed by atoms with Gasteiger partial charge in [-0.25, -0.2) is 12.8 Å². The van der Waals surface area contributed by atoms with Gasteiger partial charge in [-0.3, -0.25) is 4.79 Å². The van der Waals surface area contributed by atoms with Gasteiger partial charge in [-0.2, -0.15) is 4.31 Å². The largest absolute Gasteiger partial charge is 0.481 e. The zero-order valence-corrected chi connectivity index (χ0v) is 11.2. The fourth-order valence-corrected chi connectivity index (χ4v) is 3.88. The molecule has 5 nitrogen and oxygen atoms in total. The minimum atomic E-state index is -3.83. The molecule has 1 heterocycles. The molecule has 0 saturated carbocycles. The Kier molecular flexibility index (Phi) is 3.60. The summed E-state index contributed by atoms with van der Waals surface area (Å²) in [4.78, 5) is 10.8. The molecule has 0 spiro atoms. The molecule has 0 amide bonds. The van der Waals surface area contributed by atoms with Gasteiger partial charge in [-0.1, -0.05) is 6.07 Å². The van der Waals surface area contributed by atoms with Gasteiger partial charge in [0, 0.05) is 13.1 Å². The van der Waals surface area contributed by atoms with Crippen LogP contribution in [0.5, 0.6) is 0 Å². The standard InChI is InChI=1S/C12H14FNO4S/c1-8-2-3-10(13)6-11(8)19(17,18)14-5-4-9(7-14)12(15)16/h2-3,6,9H,4-5,7H2,1H3,(H,15,16)/t9-/m1/s1. The number of carbonyl (C=O) groups is 1. The van der Waals surface area contributed by atoms with Gasteiger partial charge in [-0.05, 0) is 31.0 Å². The molecule has 19 heavy (non-hydrogen) atoms. The number of sulfonamides is 1. The first-order chi connectivity index (χ1) is 8.82. The first-order valence-corrected chi connectivity index (χ1v) is 7.25. The summed E-state index contributed by atoms with van der Waals surface area (Å²) in [6, 6.07) is 3.56. The summed E-state index contributed by atoms with van der Waals surface area (Å²) in [5.41, 5.74) is 0.445. The monoisotopic (exact) mass is 287 g/mol. The second kappa shape index (κ2) is 4.90. The van der Waals surface area contributed by atoms with E-state index in [1.165, 1.54) is 12.1 Å². The number of nitrogens with zero attached hydrogens (tertiary/aromatic N) is 1. The average molecular weight is 287 g/mol. The zero-order valence-electron chi connectivity index (χ0n) is 10.3. The molecule has 1 fully saturated rings. The van der Waals surface area contributed by atoms with Gasteiger partial charge in [0.15, 0.2) is 0 Å². The highest BCUT2D eigenvalue weighted by Crippen LogP contribution is 2.26. The number of halogens is 1. The van der Waals surface area contributed by atoms with Crippen LogP contribution in [0.1, 0.15) is 12.0 Å².